The van der Waals surface area contributed by atoms with Crippen LogP contribution < -0.4 is 0 Å². The number of fused-ring (bicyclic) bond motifs is 1. The molecule has 0 saturated carbocycles. The van der Waals surface area contributed by atoms with E-state index in [1.165, 1.54) is 16.5 Å². The zero-order chi connectivity index (χ0) is 18.1. The maximum atomic E-state index is 12.7. The average Bonchev–Trinajstić information content (AvgIpc) is 3.10. The number of hydrogen-bond donors (Lipinski definition) is 1. The molecule has 0 aliphatic carbocycles. The van der Waals surface area contributed by atoms with Crippen molar-refractivity contribution in [3.8, 4) is 6.07 Å². The first-order chi connectivity index (χ1) is 12.7. The number of nitrogens with one attached hydrogen (secondary N) is 1. The molecule has 26 heavy (non-hydrogen) atoms. The Hall–Kier alpha value is -2.84. The summed E-state index contributed by atoms with van der Waals surface area (Å²) < 4.78 is 1.05. The third-order valence-electron chi connectivity index (χ3n) is 4.72. The van der Waals surface area contributed by atoms with Crippen molar-refractivity contribution in [2.45, 2.75) is 6.42 Å². The Morgan fingerprint density at radius 2 is 2.12 bits per heavy atom. The number of nitriles is 1. The highest BCUT2D eigenvalue weighted by atomic mass is 79.9. The Morgan fingerprint density at radius 1 is 1.23 bits per heavy atom. The van der Waals surface area contributed by atoms with Gasteiger partial charge in [0.15, 0.2) is 0 Å². The van der Waals surface area contributed by atoms with Crippen molar-refractivity contribution in [1.82, 2.24) is 9.88 Å². The van der Waals surface area contributed by atoms with Gasteiger partial charge in [0.05, 0.1) is 11.6 Å². The number of amides is 1. The molecule has 2 aromatic carbocycles. The fraction of sp³-hybridized carbons (Fsp3) is 0.143. The summed E-state index contributed by atoms with van der Waals surface area (Å²) >= 11 is 3.53. The number of aromatic nitrogens is 1. The van der Waals surface area contributed by atoms with Gasteiger partial charge in [-0.25, -0.2) is 0 Å². The summed E-state index contributed by atoms with van der Waals surface area (Å²) in [5.74, 6) is -0.0286. The minimum absolute atomic E-state index is 0.0286. The molecule has 0 bridgehead atoms. The molecule has 1 amide bonds. The van der Waals surface area contributed by atoms with Gasteiger partial charge < -0.3 is 9.88 Å². The van der Waals surface area contributed by atoms with Gasteiger partial charge in [0.2, 0.25) is 0 Å². The van der Waals surface area contributed by atoms with Crippen LogP contribution in [0.1, 0.15) is 27.9 Å². The summed E-state index contributed by atoms with van der Waals surface area (Å²) in [6.07, 6.45) is 4.97. The zero-order valence-corrected chi connectivity index (χ0v) is 15.6. The number of benzene rings is 2. The summed E-state index contributed by atoms with van der Waals surface area (Å²) in [6.45, 7) is 1.24. The Balaban J connectivity index is 1.57. The summed E-state index contributed by atoms with van der Waals surface area (Å²) in [7, 11) is 0. The lowest BCUT2D eigenvalue weighted by molar-refractivity contribution is 0.0773. The highest BCUT2D eigenvalue weighted by Crippen LogP contribution is 2.31. The van der Waals surface area contributed by atoms with E-state index in [0.717, 1.165) is 16.4 Å². The molecule has 0 fully saturated rings. The smallest absolute Gasteiger partial charge is 0.254 e. The molecule has 0 saturated heterocycles. The van der Waals surface area contributed by atoms with Gasteiger partial charge in [0, 0.05) is 45.8 Å². The summed E-state index contributed by atoms with van der Waals surface area (Å²) in [4.78, 5) is 17.8. The first kappa shape index (κ1) is 16.6. The van der Waals surface area contributed by atoms with Gasteiger partial charge in [-0.2, -0.15) is 5.26 Å². The van der Waals surface area contributed by atoms with Crippen LogP contribution in [0.2, 0.25) is 0 Å². The standard InChI is InChI=1S/C21H16BrN3O/c22-17-4-5-20-18(11-17)19(13-24-20)15-6-8-25(9-7-15)21(26)16-3-1-2-14(10-16)12-23/h1-6,10-11,13,24H,7-9H2. The second-order valence-electron chi connectivity index (χ2n) is 6.32. The van der Waals surface area contributed by atoms with Crippen LogP contribution in [-0.4, -0.2) is 28.9 Å². The molecule has 3 aromatic rings. The summed E-state index contributed by atoms with van der Waals surface area (Å²) in [5.41, 5.74) is 4.63. The van der Waals surface area contributed by atoms with E-state index < -0.39 is 0 Å². The lowest BCUT2D eigenvalue weighted by atomic mass is 9.98. The van der Waals surface area contributed by atoms with Gasteiger partial charge in [-0.3, -0.25) is 4.79 Å². The van der Waals surface area contributed by atoms with Crippen LogP contribution in [0.3, 0.4) is 0 Å². The minimum atomic E-state index is -0.0286. The lowest BCUT2D eigenvalue weighted by Crippen LogP contribution is -2.34. The van der Waals surface area contributed by atoms with Gasteiger partial charge in [-0.15, -0.1) is 0 Å². The van der Waals surface area contributed by atoms with Gasteiger partial charge in [0.1, 0.15) is 0 Å². The number of carbonyl (C=O) groups excluding carboxylic acids is 1. The van der Waals surface area contributed by atoms with Crippen LogP contribution in [0.15, 0.2) is 59.2 Å². The molecule has 4 rings (SSSR count). The normalized spacial score (nSPS) is 14.2. The van der Waals surface area contributed by atoms with Gasteiger partial charge >= 0.3 is 0 Å². The first-order valence-electron chi connectivity index (χ1n) is 8.41. The molecule has 0 atom stereocenters. The fourth-order valence-electron chi connectivity index (χ4n) is 3.36. The van der Waals surface area contributed by atoms with Crippen molar-refractivity contribution in [3.05, 3.63) is 75.9 Å². The monoisotopic (exact) mass is 405 g/mol. The van der Waals surface area contributed by atoms with Crippen LogP contribution in [0, 0.1) is 11.3 Å². The Labute approximate surface area is 159 Å². The Bertz CT molecular complexity index is 1070. The highest BCUT2D eigenvalue weighted by Gasteiger charge is 2.20. The zero-order valence-electron chi connectivity index (χ0n) is 14.0. The fourth-order valence-corrected chi connectivity index (χ4v) is 3.72. The van der Waals surface area contributed by atoms with Crippen LogP contribution in [0.4, 0.5) is 0 Å². The van der Waals surface area contributed by atoms with Crippen molar-refractivity contribution >= 4 is 38.3 Å². The third kappa shape index (κ3) is 3.04. The molecule has 2 heterocycles. The van der Waals surface area contributed by atoms with E-state index in [4.69, 9.17) is 5.26 Å². The Kier molecular flexibility index (Phi) is 4.36. The maximum absolute atomic E-state index is 12.7. The molecule has 5 heteroatoms. The minimum Gasteiger partial charge on any atom is -0.361 e. The van der Waals surface area contributed by atoms with Crippen LogP contribution >= 0.6 is 15.9 Å². The SMILES string of the molecule is N#Cc1cccc(C(=O)N2CC=C(c3c[nH]c4ccc(Br)cc34)CC2)c1. The molecule has 0 spiro atoms. The average molecular weight is 406 g/mol. The second-order valence-corrected chi connectivity index (χ2v) is 7.23. The summed E-state index contributed by atoms with van der Waals surface area (Å²) in [6, 6.07) is 15.2. The van der Waals surface area contributed by atoms with Crippen molar-refractivity contribution in [1.29, 1.82) is 5.26 Å². The number of nitrogens with zero attached hydrogens (tertiary/aromatic N) is 2. The first-order valence-corrected chi connectivity index (χ1v) is 9.20. The molecule has 0 radical (unpaired) electrons. The molecule has 1 aromatic heterocycles. The van der Waals surface area contributed by atoms with E-state index in [9.17, 15) is 4.79 Å². The van der Waals surface area contributed by atoms with E-state index in [0.29, 0.717) is 24.2 Å². The van der Waals surface area contributed by atoms with Crippen LogP contribution in [-0.2, 0) is 0 Å². The molecule has 4 nitrogen and oxygen atoms in total. The highest BCUT2D eigenvalue weighted by molar-refractivity contribution is 9.10. The number of rotatable bonds is 2. The topological polar surface area (TPSA) is 59.9 Å². The predicted molar refractivity (Wildman–Crippen MR) is 106 cm³/mol. The van der Waals surface area contributed by atoms with E-state index in [-0.39, 0.29) is 5.91 Å². The lowest BCUT2D eigenvalue weighted by Gasteiger charge is -2.26. The number of halogens is 1. The second kappa shape index (κ2) is 6.81. The maximum Gasteiger partial charge on any atom is 0.254 e. The summed E-state index contributed by atoms with van der Waals surface area (Å²) in [5, 5.41) is 10.2. The molecule has 1 aliphatic heterocycles. The van der Waals surface area contributed by atoms with E-state index in [1.54, 1.807) is 24.3 Å². The molecular weight excluding hydrogens is 390 g/mol. The van der Waals surface area contributed by atoms with Crippen molar-refractivity contribution in [2.75, 3.05) is 13.1 Å². The molecular formula is C21H16BrN3O. The molecule has 1 N–H and O–H groups in total. The van der Waals surface area contributed by atoms with E-state index >= 15 is 0 Å². The van der Waals surface area contributed by atoms with Gasteiger partial charge in [-0.05, 0) is 48.4 Å². The largest absolute Gasteiger partial charge is 0.361 e. The molecule has 1 aliphatic rings. The number of aromatic amines is 1. The Morgan fingerprint density at radius 3 is 2.88 bits per heavy atom. The quantitative estimate of drug-likeness (QED) is 0.669. The van der Waals surface area contributed by atoms with Crippen molar-refractivity contribution < 1.29 is 4.79 Å². The van der Waals surface area contributed by atoms with E-state index in [1.807, 2.05) is 17.2 Å². The third-order valence-corrected chi connectivity index (χ3v) is 5.22. The van der Waals surface area contributed by atoms with E-state index in [2.05, 4.69) is 45.2 Å². The predicted octanol–water partition coefficient (Wildman–Crippen LogP) is 4.73. The van der Waals surface area contributed by atoms with Crippen molar-refractivity contribution in [2.24, 2.45) is 0 Å². The van der Waals surface area contributed by atoms with Crippen LogP contribution in [0.25, 0.3) is 16.5 Å². The van der Waals surface area contributed by atoms with Gasteiger partial charge in [0.25, 0.3) is 5.91 Å². The van der Waals surface area contributed by atoms with Gasteiger partial charge in [-0.1, -0.05) is 28.1 Å². The van der Waals surface area contributed by atoms with Crippen molar-refractivity contribution in [3.63, 3.8) is 0 Å². The number of hydrogen-bond acceptors (Lipinski definition) is 2. The van der Waals surface area contributed by atoms with Crippen LogP contribution in [0.5, 0.6) is 0 Å². The molecule has 0 unspecified atom stereocenters. The number of carbonyl (C=O) groups is 1. The number of H-pyrrole nitrogens is 1. The molecule has 128 valence electrons.